The summed E-state index contributed by atoms with van der Waals surface area (Å²) in [7, 11) is 0. The quantitative estimate of drug-likeness (QED) is 0.609. The van der Waals surface area contributed by atoms with Crippen LogP contribution in [0.25, 0.3) is 0 Å². The van der Waals surface area contributed by atoms with Crippen LogP contribution < -0.4 is 5.32 Å². The molecule has 1 N–H and O–H groups in total. The molecule has 1 amide bonds. The molecular weight excluding hydrogens is 440 g/mol. The highest BCUT2D eigenvalue weighted by atomic mass is 35.5. The number of nitrogens with one attached hydrogen (secondary N) is 1. The van der Waals surface area contributed by atoms with Gasteiger partial charge in [0.05, 0.1) is 16.1 Å². The van der Waals surface area contributed by atoms with E-state index in [1.54, 1.807) is 23.1 Å². The maximum atomic E-state index is 13.8. The van der Waals surface area contributed by atoms with Crippen LogP contribution in [-0.2, 0) is 0 Å². The van der Waals surface area contributed by atoms with E-state index < -0.39 is 18.3 Å². The monoisotopic (exact) mass is 460 g/mol. The molecule has 0 saturated carbocycles. The van der Waals surface area contributed by atoms with Crippen LogP contribution in [0, 0.1) is 0 Å². The van der Waals surface area contributed by atoms with Crippen molar-refractivity contribution in [1.82, 2.24) is 14.7 Å². The van der Waals surface area contributed by atoms with E-state index in [2.05, 4.69) is 10.4 Å². The van der Waals surface area contributed by atoms with Gasteiger partial charge in [-0.05, 0) is 43.9 Å². The Morgan fingerprint density at radius 1 is 1.20 bits per heavy atom. The van der Waals surface area contributed by atoms with E-state index >= 15 is 0 Å². The molecule has 0 radical (unpaired) electrons. The van der Waals surface area contributed by atoms with Gasteiger partial charge < -0.3 is 10.2 Å². The summed E-state index contributed by atoms with van der Waals surface area (Å²) >= 11 is 12.0. The highest BCUT2D eigenvalue weighted by Crippen LogP contribution is 2.44. The van der Waals surface area contributed by atoms with Crippen molar-refractivity contribution in [2.75, 3.05) is 11.9 Å². The molecule has 5 nitrogen and oxygen atoms in total. The Morgan fingerprint density at radius 2 is 1.97 bits per heavy atom. The molecule has 30 heavy (non-hydrogen) atoms. The lowest BCUT2D eigenvalue weighted by Crippen LogP contribution is -2.42. The van der Waals surface area contributed by atoms with Gasteiger partial charge in [0.15, 0.2) is 11.7 Å². The molecule has 3 unspecified atom stereocenters. The van der Waals surface area contributed by atoms with Crippen LogP contribution in [0.2, 0.25) is 10.0 Å². The third-order valence-electron chi connectivity index (χ3n) is 5.82. The maximum Gasteiger partial charge on any atom is 0.410 e. The number of nitrogens with zero attached hydrogens (tertiary/aromatic N) is 3. The van der Waals surface area contributed by atoms with E-state index in [-0.39, 0.29) is 34.9 Å². The number of alkyl halides is 3. The number of benzene rings is 1. The lowest BCUT2D eigenvalue weighted by Gasteiger charge is -2.33. The first-order valence-corrected chi connectivity index (χ1v) is 10.6. The summed E-state index contributed by atoms with van der Waals surface area (Å²) in [5, 5.41) is 7.75. The number of rotatable bonds is 2. The minimum Gasteiger partial charge on any atom is -0.363 e. The molecule has 3 heterocycles. The minimum absolute atomic E-state index is 0.0234. The first-order valence-electron chi connectivity index (χ1n) is 9.84. The van der Waals surface area contributed by atoms with Crippen molar-refractivity contribution in [3.63, 3.8) is 0 Å². The number of amides is 1. The fourth-order valence-corrected chi connectivity index (χ4v) is 4.48. The van der Waals surface area contributed by atoms with Gasteiger partial charge in [-0.2, -0.15) is 18.3 Å². The molecule has 0 spiro atoms. The van der Waals surface area contributed by atoms with Crippen molar-refractivity contribution < 1.29 is 18.0 Å². The Hall–Kier alpha value is -1.93. The van der Waals surface area contributed by atoms with Crippen molar-refractivity contribution in [3.05, 3.63) is 45.6 Å². The zero-order valence-electron chi connectivity index (χ0n) is 16.2. The lowest BCUT2D eigenvalue weighted by atomic mass is 9.97. The summed E-state index contributed by atoms with van der Waals surface area (Å²) in [6.45, 7) is 2.54. The summed E-state index contributed by atoms with van der Waals surface area (Å²) < 4.78 is 42.4. The Bertz CT molecular complexity index is 962. The van der Waals surface area contributed by atoms with Crippen LogP contribution in [-0.4, -0.2) is 39.4 Å². The van der Waals surface area contributed by atoms with Crippen LogP contribution in [0.4, 0.5) is 19.0 Å². The van der Waals surface area contributed by atoms with Crippen molar-refractivity contribution >= 4 is 34.9 Å². The van der Waals surface area contributed by atoms with E-state index in [9.17, 15) is 18.0 Å². The van der Waals surface area contributed by atoms with E-state index in [1.165, 1.54) is 6.07 Å². The van der Waals surface area contributed by atoms with Gasteiger partial charge >= 0.3 is 6.18 Å². The van der Waals surface area contributed by atoms with Crippen LogP contribution in [0.3, 0.4) is 0 Å². The molecule has 2 aliphatic rings. The number of likely N-dealkylation sites (tertiary alicyclic amines) is 1. The third-order valence-corrected chi connectivity index (χ3v) is 6.56. The van der Waals surface area contributed by atoms with Crippen molar-refractivity contribution in [2.45, 2.75) is 56.9 Å². The molecule has 1 aromatic carbocycles. The number of piperidine rings is 1. The second kappa shape index (κ2) is 7.96. The number of carbonyl (C=O) groups is 1. The van der Waals surface area contributed by atoms with Gasteiger partial charge in [-0.3, -0.25) is 4.79 Å². The average Bonchev–Trinajstić information content (AvgIpc) is 3.12. The van der Waals surface area contributed by atoms with Crippen molar-refractivity contribution in [1.29, 1.82) is 0 Å². The number of aromatic nitrogens is 2. The fraction of sp³-hybridized carbons (Fsp3) is 0.500. The van der Waals surface area contributed by atoms with Gasteiger partial charge in [0.25, 0.3) is 5.91 Å². The van der Waals surface area contributed by atoms with Gasteiger partial charge in [-0.25, -0.2) is 4.68 Å². The zero-order chi connectivity index (χ0) is 21.6. The first kappa shape index (κ1) is 21.3. The number of halogens is 5. The Morgan fingerprint density at radius 3 is 2.63 bits per heavy atom. The second-order valence-electron chi connectivity index (χ2n) is 7.87. The van der Waals surface area contributed by atoms with Crippen molar-refractivity contribution in [3.8, 4) is 0 Å². The topological polar surface area (TPSA) is 50.2 Å². The molecule has 2 aliphatic heterocycles. The number of fused-ring (bicyclic) bond motifs is 1. The SMILES string of the molecule is CC1CCCCN1C(=O)c1cc2n(n1)C(C(F)(F)F)CC(c1ccc(Cl)c(Cl)c1)N2. The molecule has 1 saturated heterocycles. The van der Waals surface area contributed by atoms with Crippen LogP contribution in [0.5, 0.6) is 0 Å². The average molecular weight is 461 g/mol. The number of hydrogen-bond donors (Lipinski definition) is 1. The predicted octanol–water partition coefficient (Wildman–Crippen LogP) is 5.86. The fourth-order valence-electron chi connectivity index (χ4n) is 4.17. The highest BCUT2D eigenvalue weighted by Gasteiger charge is 2.47. The predicted molar refractivity (Wildman–Crippen MR) is 109 cm³/mol. The lowest BCUT2D eigenvalue weighted by molar-refractivity contribution is -0.173. The van der Waals surface area contributed by atoms with Gasteiger partial charge in [-0.15, -0.1) is 0 Å². The Kier molecular flexibility index (Phi) is 5.66. The standard InChI is InChI=1S/C20H21Cl2F3N4O/c1-11-4-2-3-7-28(11)19(30)16-10-18-26-15(12-5-6-13(21)14(22)8-12)9-17(20(23,24)25)29(18)27-16/h5-6,8,10-11,15,17,26H,2-4,7,9H2,1H3. The summed E-state index contributed by atoms with van der Waals surface area (Å²) in [6.07, 6.45) is -2.00. The first-order chi connectivity index (χ1) is 14.1. The van der Waals surface area contributed by atoms with Gasteiger partial charge in [0.1, 0.15) is 5.82 Å². The van der Waals surface area contributed by atoms with Gasteiger partial charge in [0.2, 0.25) is 0 Å². The summed E-state index contributed by atoms with van der Waals surface area (Å²) in [5.41, 5.74) is 0.610. The number of hydrogen-bond acceptors (Lipinski definition) is 3. The maximum absolute atomic E-state index is 13.8. The molecular formula is C20H21Cl2F3N4O. The Balaban J connectivity index is 1.68. The number of carbonyl (C=O) groups excluding carboxylic acids is 1. The van der Waals surface area contributed by atoms with Crippen LogP contribution >= 0.6 is 23.2 Å². The smallest absolute Gasteiger partial charge is 0.363 e. The van der Waals surface area contributed by atoms with Crippen LogP contribution in [0.15, 0.2) is 24.3 Å². The summed E-state index contributed by atoms with van der Waals surface area (Å²) in [5.74, 6) is -0.175. The summed E-state index contributed by atoms with van der Waals surface area (Å²) in [6, 6.07) is 3.71. The Labute approximate surface area is 182 Å². The molecule has 2 aromatic rings. The molecule has 10 heteroatoms. The molecule has 4 rings (SSSR count). The van der Waals surface area contributed by atoms with E-state index in [0.717, 1.165) is 23.9 Å². The van der Waals surface area contributed by atoms with Crippen molar-refractivity contribution in [2.24, 2.45) is 0 Å². The molecule has 162 valence electrons. The minimum atomic E-state index is -4.52. The zero-order valence-corrected chi connectivity index (χ0v) is 17.7. The van der Waals surface area contributed by atoms with E-state index in [0.29, 0.717) is 17.1 Å². The van der Waals surface area contributed by atoms with E-state index in [1.807, 2.05) is 6.92 Å². The molecule has 1 fully saturated rings. The molecule has 1 aromatic heterocycles. The summed E-state index contributed by atoms with van der Waals surface area (Å²) in [4.78, 5) is 14.6. The number of anilines is 1. The van der Waals surface area contributed by atoms with E-state index in [4.69, 9.17) is 23.2 Å². The normalized spacial score (nSPS) is 24.3. The van der Waals surface area contributed by atoms with Gasteiger partial charge in [0, 0.05) is 25.1 Å². The van der Waals surface area contributed by atoms with Crippen LogP contribution in [0.1, 0.15) is 60.7 Å². The molecule has 0 aliphatic carbocycles. The van der Waals surface area contributed by atoms with Gasteiger partial charge in [-0.1, -0.05) is 29.3 Å². The second-order valence-corrected chi connectivity index (χ2v) is 8.68. The third kappa shape index (κ3) is 3.99. The largest absolute Gasteiger partial charge is 0.410 e. The molecule has 3 atom stereocenters. The molecule has 0 bridgehead atoms. The highest BCUT2D eigenvalue weighted by molar-refractivity contribution is 6.42.